The number of carbonyl (C=O) groups excluding carboxylic acids is 1. The molecule has 2 heterocycles. The van der Waals surface area contributed by atoms with E-state index in [1.54, 1.807) is 9.58 Å². The molecule has 3 rings (SSSR count). The number of nitriles is 1. The summed E-state index contributed by atoms with van der Waals surface area (Å²) in [6, 6.07) is 4.64. The lowest BCUT2D eigenvalue weighted by molar-refractivity contribution is 0.0155. The lowest BCUT2D eigenvalue weighted by atomic mass is 9.98. The topological polar surface area (TPSA) is 84.0 Å². The summed E-state index contributed by atoms with van der Waals surface area (Å²) in [7, 11) is 0. The molecule has 1 aliphatic heterocycles. The molecule has 1 unspecified atom stereocenters. The van der Waals surface area contributed by atoms with E-state index >= 15 is 0 Å². The monoisotopic (exact) mass is 359 g/mol. The van der Waals surface area contributed by atoms with Gasteiger partial charge in [-0.05, 0) is 51.7 Å². The van der Waals surface area contributed by atoms with Crippen molar-refractivity contribution in [1.29, 1.82) is 5.26 Å². The Morgan fingerprint density at radius 1 is 1.46 bits per heavy atom. The van der Waals surface area contributed by atoms with Gasteiger partial charge in [-0.3, -0.25) is 0 Å². The number of hydrogen-bond donors (Lipinski definition) is 0. The maximum atomic E-state index is 13.9. The first-order chi connectivity index (χ1) is 12.3. The van der Waals surface area contributed by atoms with Gasteiger partial charge in [0.05, 0.1) is 0 Å². The van der Waals surface area contributed by atoms with Crippen LogP contribution in [0.3, 0.4) is 0 Å². The molecule has 8 heteroatoms. The van der Waals surface area contributed by atoms with Crippen molar-refractivity contribution in [2.75, 3.05) is 13.1 Å². The van der Waals surface area contributed by atoms with Crippen molar-refractivity contribution < 1.29 is 13.9 Å². The fraction of sp³-hybridized carbons (Fsp3) is 0.556. The van der Waals surface area contributed by atoms with E-state index in [2.05, 4.69) is 10.3 Å². The Hall–Kier alpha value is -2.69. The zero-order valence-corrected chi connectivity index (χ0v) is 15.2. The largest absolute Gasteiger partial charge is 0.444 e. The molecule has 1 aliphatic rings. The first-order valence-corrected chi connectivity index (χ1v) is 8.68. The van der Waals surface area contributed by atoms with Crippen molar-refractivity contribution in [2.45, 2.75) is 45.8 Å². The number of rotatable bonds is 2. The predicted octanol–water partition coefficient (Wildman–Crippen LogP) is 3.09. The van der Waals surface area contributed by atoms with Crippen LogP contribution in [0.1, 0.15) is 39.2 Å². The minimum Gasteiger partial charge on any atom is -0.444 e. The van der Waals surface area contributed by atoms with Crippen LogP contribution in [0, 0.1) is 23.1 Å². The van der Waals surface area contributed by atoms with Crippen LogP contribution in [0.4, 0.5) is 9.18 Å². The molecule has 0 saturated carbocycles. The van der Waals surface area contributed by atoms with E-state index in [4.69, 9.17) is 4.74 Å². The van der Waals surface area contributed by atoms with Gasteiger partial charge in [0, 0.05) is 19.6 Å². The average Bonchev–Trinajstić information content (AvgIpc) is 2.97. The summed E-state index contributed by atoms with van der Waals surface area (Å²) in [4.78, 5) is 14.0. The highest BCUT2D eigenvalue weighted by atomic mass is 19.1. The molecule has 7 nitrogen and oxygen atoms in total. The van der Waals surface area contributed by atoms with Gasteiger partial charge in [-0.25, -0.2) is 13.9 Å². The summed E-state index contributed by atoms with van der Waals surface area (Å²) in [5.41, 5.74) is 0.308. The molecular formula is C18H22FN5O2. The number of aromatic nitrogens is 3. The van der Waals surface area contributed by atoms with E-state index < -0.39 is 11.4 Å². The lowest BCUT2D eigenvalue weighted by Gasteiger charge is -2.34. The van der Waals surface area contributed by atoms with Crippen LogP contribution in [-0.4, -0.2) is 44.7 Å². The van der Waals surface area contributed by atoms with Gasteiger partial charge < -0.3 is 9.64 Å². The molecule has 1 fully saturated rings. The van der Waals surface area contributed by atoms with E-state index in [1.165, 1.54) is 12.1 Å². The normalized spacial score (nSPS) is 18.0. The second-order valence-electron chi connectivity index (χ2n) is 7.61. The van der Waals surface area contributed by atoms with Gasteiger partial charge in [0.15, 0.2) is 0 Å². The van der Waals surface area contributed by atoms with Crippen LogP contribution in [0.15, 0.2) is 12.1 Å². The van der Waals surface area contributed by atoms with Crippen LogP contribution in [0.5, 0.6) is 0 Å². The van der Waals surface area contributed by atoms with Crippen molar-refractivity contribution in [3.05, 3.63) is 23.5 Å². The summed E-state index contributed by atoms with van der Waals surface area (Å²) in [5.74, 6) is -0.446. The molecule has 1 aromatic carbocycles. The minimum atomic E-state index is -0.581. The number of carbonyl (C=O) groups is 1. The van der Waals surface area contributed by atoms with E-state index in [-0.39, 0.29) is 17.6 Å². The van der Waals surface area contributed by atoms with E-state index in [0.717, 1.165) is 12.8 Å². The molecule has 26 heavy (non-hydrogen) atoms. The van der Waals surface area contributed by atoms with Crippen LogP contribution in [0.25, 0.3) is 11.0 Å². The lowest BCUT2D eigenvalue weighted by Crippen LogP contribution is -2.43. The predicted molar refractivity (Wildman–Crippen MR) is 92.7 cm³/mol. The molecule has 0 bridgehead atoms. The summed E-state index contributed by atoms with van der Waals surface area (Å²) in [6.07, 6.45) is 1.45. The van der Waals surface area contributed by atoms with Gasteiger partial charge in [-0.2, -0.15) is 5.26 Å². The number of halogens is 1. The average molecular weight is 359 g/mol. The van der Waals surface area contributed by atoms with Crippen LogP contribution >= 0.6 is 0 Å². The fourth-order valence-electron chi connectivity index (χ4n) is 3.23. The molecule has 0 aliphatic carbocycles. The second kappa shape index (κ2) is 6.90. The van der Waals surface area contributed by atoms with Crippen LogP contribution in [-0.2, 0) is 11.3 Å². The number of likely N-dealkylation sites (tertiary alicyclic amines) is 1. The Bertz CT molecular complexity index is 865. The Labute approximate surface area is 151 Å². The maximum absolute atomic E-state index is 13.9. The second-order valence-corrected chi connectivity index (χ2v) is 7.61. The van der Waals surface area contributed by atoms with Gasteiger partial charge in [-0.1, -0.05) is 5.21 Å². The Kier molecular flexibility index (Phi) is 4.81. The zero-order valence-electron chi connectivity index (χ0n) is 15.2. The number of fused-ring (bicyclic) bond motifs is 1. The summed E-state index contributed by atoms with van der Waals surface area (Å²) in [5, 5.41) is 17.4. The fourth-order valence-corrected chi connectivity index (χ4v) is 3.23. The van der Waals surface area contributed by atoms with Crippen molar-refractivity contribution in [1.82, 2.24) is 19.9 Å². The van der Waals surface area contributed by atoms with E-state index in [0.29, 0.717) is 30.7 Å². The van der Waals surface area contributed by atoms with Gasteiger partial charge in [0.2, 0.25) is 0 Å². The summed E-state index contributed by atoms with van der Waals surface area (Å²) >= 11 is 0. The number of amides is 1. The smallest absolute Gasteiger partial charge is 0.410 e. The van der Waals surface area contributed by atoms with Crippen molar-refractivity contribution in [2.24, 2.45) is 5.92 Å². The van der Waals surface area contributed by atoms with Gasteiger partial charge in [0.1, 0.15) is 34.1 Å². The highest BCUT2D eigenvalue weighted by Crippen LogP contribution is 2.24. The summed E-state index contributed by atoms with van der Waals surface area (Å²) < 4.78 is 20.9. The molecule has 1 atom stereocenters. The quantitative estimate of drug-likeness (QED) is 0.823. The summed E-state index contributed by atoms with van der Waals surface area (Å²) in [6.45, 7) is 7.17. The zero-order chi connectivity index (χ0) is 18.9. The molecule has 1 amide bonds. The highest BCUT2D eigenvalue weighted by molar-refractivity contribution is 5.81. The minimum absolute atomic E-state index is 0.0488. The highest BCUT2D eigenvalue weighted by Gasteiger charge is 2.28. The molecule has 0 N–H and O–H groups in total. The van der Waals surface area contributed by atoms with Gasteiger partial charge >= 0.3 is 6.09 Å². The number of ether oxygens (including phenoxy) is 1. The molecule has 138 valence electrons. The standard InChI is InChI=1S/C18H22FN5O2/c1-18(2,3)26-17(25)23-8-4-5-12(10-23)11-24-16-13(9-20)14(19)6-7-15(16)21-22-24/h6-7,12H,4-5,8,10-11H2,1-3H3. The molecule has 1 saturated heterocycles. The van der Waals surface area contributed by atoms with E-state index in [1.807, 2.05) is 26.8 Å². The van der Waals surface area contributed by atoms with Crippen molar-refractivity contribution >= 4 is 17.1 Å². The molecule has 2 aromatic rings. The Morgan fingerprint density at radius 2 is 2.23 bits per heavy atom. The molecule has 1 aromatic heterocycles. The number of hydrogen-bond acceptors (Lipinski definition) is 5. The maximum Gasteiger partial charge on any atom is 0.410 e. The third kappa shape index (κ3) is 3.77. The Morgan fingerprint density at radius 3 is 2.92 bits per heavy atom. The van der Waals surface area contributed by atoms with E-state index in [9.17, 15) is 14.4 Å². The number of nitrogens with zero attached hydrogens (tertiary/aromatic N) is 5. The van der Waals surface area contributed by atoms with Crippen LogP contribution < -0.4 is 0 Å². The SMILES string of the molecule is CC(C)(C)OC(=O)N1CCCC(Cn2nnc3ccc(F)c(C#N)c32)C1. The Balaban J connectivity index is 1.77. The first kappa shape index (κ1) is 18.1. The molecule has 0 radical (unpaired) electrons. The third-order valence-electron chi connectivity index (χ3n) is 4.34. The van der Waals surface area contributed by atoms with Gasteiger partial charge in [-0.15, -0.1) is 5.10 Å². The molecule has 0 spiro atoms. The van der Waals surface area contributed by atoms with Crippen molar-refractivity contribution in [3.8, 4) is 6.07 Å². The molecular weight excluding hydrogens is 337 g/mol. The third-order valence-corrected chi connectivity index (χ3v) is 4.34. The van der Waals surface area contributed by atoms with Crippen LogP contribution in [0.2, 0.25) is 0 Å². The van der Waals surface area contributed by atoms with Crippen molar-refractivity contribution in [3.63, 3.8) is 0 Å². The number of piperidine rings is 1. The van der Waals surface area contributed by atoms with Gasteiger partial charge in [0.25, 0.3) is 0 Å². The first-order valence-electron chi connectivity index (χ1n) is 8.68. The number of benzene rings is 1.